The van der Waals surface area contributed by atoms with Gasteiger partial charge in [-0.25, -0.2) is 8.78 Å². The molecule has 0 heterocycles. The van der Waals surface area contributed by atoms with Gasteiger partial charge in [0.05, 0.1) is 5.56 Å². The second kappa shape index (κ2) is 5.59. The zero-order valence-corrected chi connectivity index (χ0v) is 10.6. The summed E-state index contributed by atoms with van der Waals surface area (Å²) in [4.78, 5) is 11.8. The van der Waals surface area contributed by atoms with Gasteiger partial charge >= 0.3 is 0 Å². The number of carbonyl (C=O) groups is 1. The van der Waals surface area contributed by atoms with Crippen LogP contribution in [0.1, 0.15) is 67.3 Å². The Morgan fingerprint density at radius 1 is 1.22 bits per heavy atom. The summed E-state index contributed by atoms with van der Waals surface area (Å²) in [6.07, 6.45) is 5.42. The molecule has 1 aliphatic rings. The maximum absolute atomic E-state index is 13.8. The summed E-state index contributed by atoms with van der Waals surface area (Å²) in [6, 6.07) is 2.16. The summed E-state index contributed by atoms with van der Waals surface area (Å²) in [6.45, 7) is 1.70. The van der Waals surface area contributed by atoms with Crippen molar-refractivity contribution in [1.82, 2.24) is 0 Å². The molecule has 0 N–H and O–H groups in total. The van der Waals surface area contributed by atoms with Crippen LogP contribution < -0.4 is 0 Å². The van der Waals surface area contributed by atoms with Crippen molar-refractivity contribution in [3.63, 3.8) is 0 Å². The number of benzene rings is 1. The predicted octanol–water partition coefficient (Wildman–Crippen LogP) is 4.61. The van der Waals surface area contributed by atoms with Crippen molar-refractivity contribution in [2.24, 2.45) is 0 Å². The second-order valence-corrected chi connectivity index (χ2v) is 4.96. The van der Waals surface area contributed by atoms with E-state index < -0.39 is 11.6 Å². The molecule has 1 aromatic rings. The van der Waals surface area contributed by atoms with E-state index in [0.717, 1.165) is 31.7 Å². The average Bonchev–Trinajstić information content (AvgIpc) is 2.38. The molecule has 2 rings (SSSR count). The SMILES string of the molecule is CCC(=O)c1c(F)cc(F)cc1C1CCCCC1. The van der Waals surface area contributed by atoms with Crippen LogP contribution in [0.15, 0.2) is 12.1 Å². The van der Waals surface area contributed by atoms with E-state index in [9.17, 15) is 13.6 Å². The van der Waals surface area contributed by atoms with Crippen molar-refractivity contribution < 1.29 is 13.6 Å². The summed E-state index contributed by atoms with van der Waals surface area (Å²) in [5.41, 5.74) is 0.699. The third-order valence-corrected chi connectivity index (χ3v) is 3.73. The van der Waals surface area contributed by atoms with Gasteiger partial charge in [0.2, 0.25) is 0 Å². The lowest BCUT2D eigenvalue weighted by Gasteiger charge is -2.24. The highest BCUT2D eigenvalue weighted by molar-refractivity contribution is 5.97. The van der Waals surface area contributed by atoms with Crippen LogP contribution in [0.4, 0.5) is 8.78 Å². The van der Waals surface area contributed by atoms with Crippen molar-refractivity contribution in [3.05, 3.63) is 34.9 Å². The quantitative estimate of drug-likeness (QED) is 0.718. The average molecular weight is 252 g/mol. The van der Waals surface area contributed by atoms with E-state index in [1.165, 1.54) is 12.5 Å². The van der Waals surface area contributed by atoms with E-state index >= 15 is 0 Å². The molecule has 98 valence electrons. The molecule has 0 amide bonds. The minimum atomic E-state index is -0.706. The molecule has 0 spiro atoms. The van der Waals surface area contributed by atoms with Crippen molar-refractivity contribution in [3.8, 4) is 0 Å². The molecule has 3 heteroatoms. The summed E-state index contributed by atoms with van der Waals surface area (Å²) in [7, 11) is 0. The van der Waals surface area contributed by atoms with E-state index in [1.807, 2.05) is 0 Å². The van der Waals surface area contributed by atoms with E-state index in [-0.39, 0.29) is 23.7 Å². The first-order valence-electron chi connectivity index (χ1n) is 6.65. The number of Topliss-reactive ketones (excluding diaryl/α,β-unsaturated/α-hetero) is 1. The summed E-state index contributed by atoms with van der Waals surface area (Å²) in [5, 5.41) is 0. The Hall–Kier alpha value is -1.25. The lowest BCUT2D eigenvalue weighted by molar-refractivity contribution is 0.0982. The molecule has 1 fully saturated rings. The molecule has 1 saturated carbocycles. The van der Waals surface area contributed by atoms with Crippen molar-refractivity contribution in [2.45, 2.75) is 51.4 Å². The normalized spacial score (nSPS) is 16.8. The van der Waals surface area contributed by atoms with Gasteiger partial charge in [0.15, 0.2) is 5.78 Å². The third-order valence-electron chi connectivity index (χ3n) is 3.73. The first-order valence-corrected chi connectivity index (χ1v) is 6.65. The molecule has 0 atom stereocenters. The number of halogens is 2. The molecule has 0 unspecified atom stereocenters. The van der Waals surface area contributed by atoms with Gasteiger partial charge in [-0.2, -0.15) is 0 Å². The van der Waals surface area contributed by atoms with Crippen LogP contribution in [0, 0.1) is 11.6 Å². The highest BCUT2D eigenvalue weighted by Gasteiger charge is 2.24. The minimum Gasteiger partial charge on any atom is -0.294 e. The van der Waals surface area contributed by atoms with E-state index in [4.69, 9.17) is 0 Å². The Kier molecular flexibility index (Phi) is 4.10. The standard InChI is InChI=1S/C15H18F2O/c1-2-14(18)15-12(8-11(16)9-13(15)17)10-6-4-3-5-7-10/h8-10H,2-7H2,1H3. The Bertz CT molecular complexity index is 448. The summed E-state index contributed by atoms with van der Waals surface area (Å²) >= 11 is 0. The fraction of sp³-hybridized carbons (Fsp3) is 0.533. The molecule has 0 bridgehead atoms. The Morgan fingerprint density at radius 3 is 2.50 bits per heavy atom. The number of hydrogen-bond donors (Lipinski definition) is 0. The predicted molar refractivity (Wildman–Crippen MR) is 66.8 cm³/mol. The van der Waals surface area contributed by atoms with Gasteiger partial charge in [-0.3, -0.25) is 4.79 Å². The first-order chi connectivity index (χ1) is 8.63. The van der Waals surface area contributed by atoms with Crippen molar-refractivity contribution in [1.29, 1.82) is 0 Å². The fourth-order valence-corrected chi connectivity index (χ4v) is 2.80. The van der Waals surface area contributed by atoms with Crippen LogP contribution in [0.2, 0.25) is 0 Å². The van der Waals surface area contributed by atoms with Gasteiger partial charge in [0, 0.05) is 12.5 Å². The van der Waals surface area contributed by atoms with E-state index in [0.29, 0.717) is 5.56 Å². The lowest BCUT2D eigenvalue weighted by Crippen LogP contribution is -2.13. The van der Waals surface area contributed by atoms with Crippen LogP contribution in [-0.2, 0) is 0 Å². The van der Waals surface area contributed by atoms with Gasteiger partial charge < -0.3 is 0 Å². The minimum absolute atomic E-state index is 0.116. The zero-order valence-electron chi connectivity index (χ0n) is 10.6. The Labute approximate surface area is 106 Å². The largest absolute Gasteiger partial charge is 0.294 e. The van der Waals surface area contributed by atoms with Crippen LogP contribution in [0.3, 0.4) is 0 Å². The third kappa shape index (κ3) is 2.60. The monoisotopic (exact) mass is 252 g/mol. The maximum Gasteiger partial charge on any atom is 0.165 e. The van der Waals surface area contributed by atoms with Crippen LogP contribution in [-0.4, -0.2) is 5.78 Å². The zero-order chi connectivity index (χ0) is 13.1. The molecule has 1 aromatic carbocycles. The van der Waals surface area contributed by atoms with Gasteiger partial charge in [0.1, 0.15) is 11.6 Å². The lowest BCUT2D eigenvalue weighted by atomic mass is 9.81. The second-order valence-electron chi connectivity index (χ2n) is 4.96. The van der Waals surface area contributed by atoms with Crippen molar-refractivity contribution >= 4 is 5.78 Å². The molecular formula is C15H18F2O. The fourth-order valence-electron chi connectivity index (χ4n) is 2.80. The van der Waals surface area contributed by atoms with Crippen LogP contribution in [0.5, 0.6) is 0 Å². The van der Waals surface area contributed by atoms with E-state index in [1.54, 1.807) is 6.92 Å². The first kappa shape index (κ1) is 13.2. The van der Waals surface area contributed by atoms with Gasteiger partial charge in [-0.1, -0.05) is 26.2 Å². The number of rotatable bonds is 3. The highest BCUT2D eigenvalue weighted by Crippen LogP contribution is 2.36. The molecule has 0 aromatic heterocycles. The Morgan fingerprint density at radius 2 is 1.89 bits per heavy atom. The molecule has 0 radical (unpaired) electrons. The maximum atomic E-state index is 13.8. The molecular weight excluding hydrogens is 234 g/mol. The van der Waals surface area contributed by atoms with Crippen molar-refractivity contribution in [2.75, 3.05) is 0 Å². The number of hydrogen-bond acceptors (Lipinski definition) is 1. The van der Waals surface area contributed by atoms with Gasteiger partial charge in [-0.05, 0) is 30.4 Å². The summed E-state index contributed by atoms with van der Waals surface area (Å²) in [5.74, 6) is -1.38. The molecule has 18 heavy (non-hydrogen) atoms. The molecule has 1 nitrogen and oxygen atoms in total. The van der Waals surface area contributed by atoms with Gasteiger partial charge in [0.25, 0.3) is 0 Å². The smallest absolute Gasteiger partial charge is 0.165 e. The number of ketones is 1. The number of carbonyl (C=O) groups excluding carboxylic acids is 1. The molecule has 0 aliphatic heterocycles. The highest BCUT2D eigenvalue weighted by atomic mass is 19.1. The topological polar surface area (TPSA) is 17.1 Å². The van der Waals surface area contributed by atoms with Gasteiger partial charge in [-0.15, -0.1) is 0 Å². The molecule has 1 aliphatic carbocycles. The van der Waals surface area contributed by atoms with E-state index in [2.05, 4.69) is 0 Å². The summed E-state index contributed by atoms with van der Waals surface area (Å²) < 4.78 is 27.2. The van der Waals surface area contributed by atoms with Crippen LogP contribution in [0.25, 0.3) is 0 Å². The Balaban J connectivity index is 2.45. The van der Waals surface area contributed by atoms with Crippen LogP contribution >= 0.6 is 0 Å². The molecule has 0 saturated heterocycles.